The number of nitrogens with two attached hydrogens (primary N) is 1. The highest BCUT2D eigenvalue weighted by Gasteiger charge is 2.29. The number of imidazole rings is 1. The van der Waals surface area contributed by atoms with Crippen LogP contribution < -0.4 is 10.6 Å². The Bertz CT molecular complexity index is 1010. The van der Waals surface area contributed by atoms with Gasteiger partial charge in [0, 0.05) is 17.2 Å². The second-order valence-electron chi connectivity index (χ2n) is 6.45. The number of nitrogens with zero attached hydrogens (tertiary/aromatic N) is 3. The molecule has 1 aliphatic rings. The van der Waals surface area contributed by atoms with Gasteiger partial charge in [0.2, 0.25) is 5.95 Å². The molecule has 1 aromatic heterocycles. The third-order valence-corrected chi connectivity index (χ3v) is 4.24. The number of halogens is 1. The average molecular weight is 370 g/mol. The molecule has 1 amide bonds. The lowest BCUT2D eigenvalue weighted by Gasteiger charge is -2.10. The van der Waals surface area contributed by atoms with E-state index in [0.717, 1.165) is 27.7 Å². The maximum Gasteiger partial charge on any atom is 0.261 e. The third-order valence-electron chi connectivity index (χ3n) is 4.24. The number of anilines is 1. The first-order valence-corrected chi connectivity index (χ1v) is 8.26. The van der Waals surface area contributed by atoms with Crippen LogP contribution in [0.2, 0.25) is 0 Å². The van der Waals surface area contributed by atoms with Crippen LogP contribution in [0.1, 0.15) is 35.3 Å². The fourth-order valence-electron chi connectivity index (χ4n) is 3.06. The van der Waals surface area contributed by atoms with Gasteiger partial charge in [-0.05, 0) is 43.7 Å². The highest BCUT2D eigenvalue weighted by molar-refractivity contribution is 6.09. The van der Waals surface area contributed by atoms with E-state index in [1.54, 1.807) is 4.90 Å². The van der Waals surface area contributed by atoms with Gasteiger partial charge in [-0.25, -0.2) is 4.98 Å². The average Bonchev–Trinajstić information content (AvgIpc) is 3.15. The van der Waals surface area contributed by atoms with Crippen molar-refractivity contribution in [2.75, 3.05) is 4.90 Å². The monoisotopic (exact) mass is 369 g/mol. The summed E-state index contributed by atoms with van der Waals surface area (Å²) in [6, 6.07) is 13.5. The minimum atomic E-state index is -0.0317. The normalized spacial score (nSPS) is 14.0. The summed E-state index contributed by atoms with van der Waals surface area (Å²) in [5, 5.41) is 0. The highest BCUT2D eigenvalue weighted by Crippen LogP contribution is 2.28. The lowest BCUT2D eigenvalue weighted by Crippen LogP contribution is -2.24. The molecule has 0 spiro atoms. The molecule has 0 fully saturated rings. The van der Waals surface area contributed by atoms with Gasteiger partial charge < -0.3 is 10.7 Å². The Hall–Kier alpha value is -2.86. The van der Waals surface area contributed by atoms with E-state index in [0.29, 0.717) is 18.3 Å². The van der Waals surface area contributed by atoms with E-state index in [2.05, 4.69) is 15.0 Å². The van der Waals surface area contributed by atoms with Crippen molar-refractivity contribution in [2.24, 2.45) is 10.7 Å². The topological polar surface area (TPSA) is 87.4 Å². The van der Waals surface area contributed by atoms with Gasteiger partial charge >= 0.3 is 0 Å². The second kappa shape index (κ2) is 6.80. The molecule has 2 aromatic carbocycles. The zero-order chi connectivity index (χ0) is 17.6. The molecule has 3 aromatic rings. The minimum Gasteiger partial charge on any atom is -0.383 e. The van der Waals surface area contributed by atoms with Crippen LogP contribution in [0.15, 0.2) is 47.5 Å². The Morgan fingerprint density at radius 3 is 2.77 bits per heavy atom. The zero-order valence-corrected chi connectivity index (χ0v) is 15.4. The first-order chi connectivity index (χ1) is 12.0. The number of carbonyl (C=O) groups excluding carboxylic acids is 1. The molecule has 4 rings (SSSR count). The first kappa shape index (κ1) is 17.9. The predicted octanol–water partition coefficient (Wildman–Crippen LogP) is 3.26. The van der Waals surface area contributed by atoms with Crippen molar-refractivity contribution in [1.82, 2.24) is 9.97 Å². The number of benzene rings is 2. The van der Waals surface area contributed by atoms with Crippen LogP contribution in [-0.2, 0) is 6.54 Å². The van der Waals surface area contributed by atoms with Crippen molar-refractivity contribution in [2.45, 2.75) is 26.4 Å². The summed E-state index contributed by atoms with van der Waals surface area (Å²) in [7, 11) is 0. The summed E-state index contributed by atoms with van der Waals surface area (Å²) in [4.78, 5) is 26.4. The number of aromatic nitrogens is 2. The molecule has 26 heavy (non-hydrogen) atoms. The van der Waals surface area contributed by atoms with Gasteiger partial charge in [0.1, 0.15) is 5.84 Å². The molecule has 0 radical (unpaired) electrons. The number of aromatic amines is 1. The Balaban J connectivity index is 0.00000196. The van der Waals surface area contributed by atoms with Crippen LogP contribution in [0.25, 0.3) is 11.0 Å². The maximum atomic E-state index is 12.6. The van der Waals surface area contributed by atoms with Crippen LogP contribution >= 0.6 is 12.4 Å². The van der Waals surface area contributed by atoms with Gasteiger partial charge in [-0.2, -0.15) is 0 Å². The Morgan fingerprint density at radius 1 is 1.27 bits per heavy atom. The number of fused-ring (bicyclic) bond motifs is 2. The molecular weight excluding hydrogens is 350 g/mol. The van der Waals surface area contributed by atoms with Gasteiger partial charge in [0.25, 0.3) is 5.91 Å². The number of amidine groups is 1. The molecule has 134 valence electrons. The number of nitrogens with one attached hydrogen (secondary N) is 1. The third kappa shape index (κ3) is 3.04. The minimum absolute atomic E-state index is 0. The largest absolute Gasteiger partial charge is 0.383 e. The summed E-state index contributed by atoms with van der Waals surface area (Å²) in [5.74, 6) is 1.01. The van der Waals surface area contributed by atoms with E-state index in [9.17, 15) is 4.79 Å². The van der Waals surface area contributed by atoms with Gasteiger partial charge in [-0.1, -0.05) is 18.2 Å². The predicted molar refractivity (Wildman–Crippen MR) is 106 cm³/mol. The summed E-state index contributed by atoms with van der Waals surface area (Å²) in [6.07, 6.45) is 0. The first-order valence-electron chi connectivity index (χ1n) is 8.26. The Kier molecular flexibility index (Phi) is 4.70. The number of H-pyrrole nitrogens is 1. The molecule has 2 heterocycles. The van der Waals surface area contributed by atoms with Crippen LogP contribution in [0, 0.1) is 0 Å². The summed E-state index contributed by atoms with van der Waals surface area (Å²) in [6.45, 7) is 4.49. The number of hydrogen-bond acceptors (Lipinski definition) is 3. The molecule has 0 unspecified atom stereocenters. The molecule has 0 atom stereocenters. The summed E-state index contributed by atoms with van der Waals surface area (Å²) in [5.41, 5.74) is 10.3. The lowest BCUT2D eigenvalue weighted by molar-refractivity contribution is 0.0995. The molecule has 7 heteroatoms. The van der Waals surface area contributed by atoms with E-state index in [4.69, 9.17) is 5.73 Å². The van der Waals surface area contributed by atoms with Gasteiger partial charge in [-0.15, -0.1) is 12.4 Å². The maximum absolute atomic E-state index is 12.6. The van der Waals surface area contributed by atoms with E-state index in [1.807, 2.05) is 56.3 Å². The molecule has 0 saturated carbocycles. The van der Waals surface area contributed by atoms with E-state index >= 15 is 0 Å². The standard InChI is InChI=1S/C19H19N5O.ClH/c1-11(2)21-17(20)12-7-8-15-16(9-12)23-19(22-15)24-10-13-5-3-4-6-14(13)18(24)25;/h3-9,11H,10H2,1-2H3,(H2,20,21)(H,22,23);1H. The number of amides is 1. The number of hydrogen-bond donors (Lipinski definition) is 2. The highest BCUT2D eigenvalue weighted by atomic mass is 35.5. The zero-order valence-electron chi connectivity index (χ0n) is 14.6. The molecule has 1 aliphatic heterocycles. The van der Waals surface area contributed by atoms with E-state index in [1.165, 1.54) is 0 Å². The van der Waals surface area contributed by atoms with Crippen LogP contribution in [-0.4, -0.2) is 27.8 Å². The van der Waals surface area contributed by atoms with Gasteiger partial charge in [0.15, 0.2) is 0 Å². The molecule has 3 N–H and O–H groups in total. The fraction of sp³-hybridized carbons (Fsp3) is 0.211. The van der Waals surface area contributed by atoms with Crippen LogP contribution in [0.5, 0.6) is 0 Å². The molecule has 0 aliphatic carbocycles. The van der Waals surface area contributed by atoms with Gasteiger partial charge in [0.05, 0.1) is 17.6 Å². The van der Waals surface area contributed by atoms with Crippen molar-refractivity contribution in [1.29, 1.82) is 0 Å². The van der Waals surface area contributed by atoms with Crippen molar-refractivity contribution in [3.63, 3.8) is 0 Å². The lowest BCUT2D eigenvalue weighted by atomic mass is 10.1. The molecule has 0 bridgehead atoms. The van der Waals surface area contributed by atoms with Crippen molar-refractivity contribution >= 4 is 41.1 Å². The quantitative estimate of drug-likeness (QED) is 0.548. The molecule has 6 nitrogen and oxygen atoms in total. The number of rotatable bonds is 3. The fourth-order valence-corrected chi connectivity index (χ4v) is 3.06. The van der Waals surface area contributed by atoms with Crippen LogP contribution in [0.4, 0.5) is 5.95 Å². The molecule has 0 saturated heterocycles. The van der Waals surface area contributed by atoms with Crippen LogP contribution in [0.3, 0.4) is 0 Å². The van der Waals surface area contributed by atoms with Crippen molar-refractivity contribution in [3.05, 3.63) is 59.2 Å². The summed E-state index contributed by atoms with van der Waals surface area (Å²) < 4.78 is 0. The van der Waals surface area contributed by atoms with E-state index < -0.39 is 0 Å². The van der Waals surface area contributed by atoms with Crippen molar-refractivity contribution in [3.8, 4) is 0 Å². The molecular formula is C19H20ClN5O. The van der Waals surface area contributed by atoms with Crippen molar-refractivity contribution < 1.29 is 4.79 Å². The SMILES string of the molecule is CC(C)N=C(N)c1ccc2nc(N3Cc4ccccc4C3=O)[nH]c2c1.Cl. The summed E-state index contributed by atoms with van der Waals surface area (Å²) >= 11 is 0. The Morgan fingerprint density at radius 2 is 2.04 bits per heavy atom. The number of carbonyl (C=O) groups is 1. The Labute approximate surface area is 157 Å². The number of aliphatic imine (C=N–C) groups is 1. The van der Waals surface area contributed by atoms with Gasteiger partial charge in [-0.3, -0.25) is 14.7 Å². The second-order valence-corrected chi connectivity index (χ2v) is 6.45. The smallest absolute Gasteiger partial charge is 0.261 e. The van der Waals surface area contributed by atoms with E-state index in [-0.39, 0.29) is 24.4 Å².